The Labute approximate surface area is 125 Å². The molecule has 0 bridgehead atoms. The lowest BCUT2D eigenvalue weighted by atomic mass is 10.6. The number of aromatic nitrogens is 2. The van der Waals surface area contributed by atoms with Crippen LogP contribution in [0.25, 0.3) is 0 Å². The summed E-state index contributed by atoms with van der Waals surface area (Å²) in [5.41, 5.74) is 5.39. The normalized spacial score (nSPS) is 21.9. The first kappa shape index (κ1) is 15.9. The molecule has 1 atom stereocenters. The largest absolute Gasteiger partial charge is 0.374 e. The summed E-state index contributed by atoms with van der Waals surface area (Å²) in [4.78, 5) is 0. The van der Waals surface area contributed by atoms with Gasteiger partial charge in [0.25, 0.3) is 10.0 Å². The van der Waals surface area contributed by atoms with Crippen molar-refractivity contribution >= 4 is 48.1 Å². The summed E-state index contributed by atoms with van der Waals surface area (Å²) in [6.07, 6.45) is 0. The van der Waals surface area contributed by atoms with E-state index in [4.69, 9.17) is 5.73 Å². The number of rotatable bonds is 4. The van der Waals surface area contributed by atoms with Gasteiger partial charge in [-0.2, -0.15) is 16.1 Å². The monoisotopic (exact) mass is 358 g/mol. The number of hydrogen-bond acceptors (Lipinski definition) is 9. The third-order valence-corrected chi connectivity index (χ3v) is 9.23. The van der Waals surface area contributed by atoms with Crippen LogP contribution in [0.4, 0.5) is 5.13 Å². The van der Waals surface area contributed by atoms with Crippen molar-refractivity contribution in [2.45, 2.75) is 16.6 Å². The molecule has 8 nitrogen and oxygen atoms in total. The maximum atomic E-state index is 12.5. The Morgan fingerprint density at radius 1 is 1.35 bits per heavy atom. The number of nitrogens with two attached hydrogens (primary N) is 1. The van der Waals surface area contributed by atoms with Gasteiger partial charge in [-0.25, -0.2) is 16.8 Å². The second-order valence-corrected chi connectivity index (χ2v) is 10.7. The lowest BCUT2D eigenvalue weighted by Crippen LogP contribution is -2.50. The molecule has 2 N–H and O–H groups in total. The Kier molecular flexibility index (Phi) is 4.59. The number of sulfonamides is 1. The summed E-state index contributed by atoms with van der Waals surface area (Å²) in [7, 11) is -7.48. The molecule has 1 saturated heterocycles. The quantitative estimate of drug-likeness (QED) is 0.772. The summed E-state index contributed by atoms with van der Waals surface area (Å²) >= 11 is 2.16. The van der Waals surface area contributed by atoms with Crippen LogP contribution in [0.5, 0.6) is 0 Å². The molecule has 1 aliphatic heterocycles. The second-order valence-electron chi connectivity index (χ2n) is 4.00. The first-order valence-corrected chi connectivity index (χ1v) is 10.8. The lowest BCUT2D eigenvalue weighted by molar-refractivity contribution is 0.403. The predicted molar refractivity (Wildman–Crippen MR) is 78.8 cm³/mol. The standard InChI is InChI=1S/C8H14N4O4S4/c1-2-19(13,14)6-5-17-4-3-12(6)20(15,16)8-11-10-7(9)18-8/h6H,2-5H2,1H3,(H2,9,10). The molecule has 0 amide bonds. The van der Waals surface area contributed by atoms with Crippen molar-refractivity contribution < 1.29 is 16.8 Å². The Hall–Kier alpha value is -0.430. The van der Waals surface area contributed by atoms with Crippen molar-refractivity contribution in [3.63, 3.8) is 0 Å². The molecule has 20 heavy (non-hydrogen) atoms. The highest BCUT2D eigenvalue weighted by molar-refractivity contribution is 8.01. The van der Waals surface area contributed by atoms with E-state index in [1.807, 2.05) is 0 Å². The van der Waals surface area contributed by atoms with E-state index >= 15 is 0 Å². The number of nitrogens with zero attached hydrogens (tertiary/aromatic N) is 3. The van der Waals surface area contributed by atoms with E-state index in [-0.39, 0.29) is 27.5 Å². The van der Waals surface area contributed by atoms with Gasteiger partial charge < -0.3 is 5.73 Å². The van der Waals surface area contributed by atoms with Crippen LogP contribution in [0.3, 0.4) is 0 Å². The second kappa shape index (κ2) is 5.75. The zero-order chi connectivity index (χ0) is 15.0. The molecule has 1 aromatic rings. The number of thioether (sulfide) groups is 1. The highest BCUT2D eigenvalue weighted by Gasteiger charge is 2.42. The van der Waals surface area contributed by atoms with Gasteiger partial charge in [0.2, 0.25) is 9.47 Å². The highest BCUT2D eigenvalue weighted by atomic mass is 32.2. The molecule has 1 aliphatic rings. The molecule has 0 aliphatic carbocycles. The van der Waals surface area contributed by atoms with E-state index in [2.05, 4.69) is 10.2 Å². The van der Waals surface area contributed by atoms with Crippen LogP contribution >= 0.6 is 23.1 Å². The fourth-order valence-corrected chi connectivity index (χ4v) is 7.89. The first-order valence-electron chi connectivity index (χ1n) is 5.69. The smallest absolute Gasteiger partial charge is 0.273 e. The summed E-state index contributed by atoms with van der Waals surface area (Å²) in [5.74, 6) is 0.662. The molecular formula is C8H14N4O4S4. The average molecular weight is 358 g/mol. The molecule has 0 spiro atoms. The summed E-state index contributed by atoms with van der Waals surface area (Å²) < 4.78 is 49.8. The Balaban J connectivity index is 2.42. The zero-order valence-electron chi connectivity index (χ0n) is 10.6. The van der Waals surface area contributed by atoms with Gasteiger partial charge in [0.05, 0.1) is 0 Å². The van der Waals surface area contributed by atoms with Crippen molar-refractivity contribution in [2.24, 2.45) is 0 Å². The van der Waals surface area contributed by atoms with Crippen LogP contribution in [0, 0.1) is 0 Å². The van der Waals surface area contributed by atoms with Crippen LogP contribution in [0.15, 0.2) is 4.34 Å². The minimum absolute atomic E-state index is 0.0323. The van der Waals surface area contributed by atoms with E-state index in [1.54, 1.807) is 0 Å². The van der Waals surface area contributed by atoms with Crippen LogP contribution in [-0.4, -0.2) is 60.5 Å². The zero-order valence-corrected chi connectivity index (χ0v) is 13.9. The lowest BCUT2D eigenvalue weighted by Gasteiger charge is -2.32. The van der Waals surface area contributed by atoms with Crippen LogP contribution in [0.1, 0.15) is 6.92 Å². The van der Waals surface area contributed by atoms with Crippen molar-refractivity contribution in [2.75, 3.05) is 29.5 Å². The van der Waals surface area contributed by atoms with Crippen LogP contribution in [-0.2, 0) is 19.9 Å². The molecule has 0 saturated carbocycles. The van der Waals surface area contributed by atoms with Crippen molar-refractivity contribution in [1.82, 2.24) is 14.5 Å². The fourth-order valence-electron chi connectivity index (χ4n) is 1.74. The number of hydrogen-bond donors (Lipinski definition) is 1. The third-order valence-electron chi connectivity index (χ3n) is 2.81. The van der Waals surface area contributed by atoms with E-state index in [0.29, 0.717) is 5.75 Å². The van der Waals surface area contributed by atoms with Crippen molar-refractivity contribution in [3.05, 3.63) is 0 Å². The summed E-state index contributed by atoms with van der Waals surface area (Å²) in [5, 5.41) is 5.97. The summed E-state index contributed by atoms with van der Waals surface area (Å²) in [6.45, 7) is 1.64. The first-order chi connectivity index (χ1) is 9.29. The third kappa shape index (κ3) is 2.93. The van der Waals surface area contributed by atoms with Gasteiger partial charge in [0, 0.05) is 23.8 Å². The van der Waals surface area contributed by atoms with Gasteiger partial charge in [0.1, 0.15) is 5.37 Å². The van der Waals surface area contributed by atoms with E-state index in [9.17, 15) is 16.8 Å². The minimum atomic E-state index is -3.98. The maximum Gasteiger partial charge on any atom is 0.273 e. The Bertz CT molecular complexity index is 683. The molecule has 2 heterocycles. The molecule has 114 valence electrons. The van der Waals surface area contributed by atoms with E-state index in [1.165, 1.54) is 18.7 Å². The number of anilines is 1. The topological polar surface area (TPSA) is 123 Å². The molecule has 2 rings (SSSR count). The van der Waals surface area contributed by atoms with Crippen LogP contribution in [0.2, 0.25) is 0 Å². The molecule has 12 heteroatoms. The van der Waals surface area contributed by atoms with Crippen molar-refractivity contribution in [3.8, 4) is 0 Å². The van der Waals surface area contributed by atoms with Gasteiger partial charge in [-0.3, -0.25) is 0 Å². The van der Waals surface area contributed by atoms with Crippen molar-refractivity contribution in [1.29, 1.82) is 0 Å². The maximum absolute atomic E-state index is 12.5. The minimum Gasteiger partial charge on any atom is -0.374 e. The van der Waals surface area contributed by atoms with Gasteiger partial charge in [-0.15, -0.1) is 10.2 Å². The van der Waals surface area contributed by atoms with Gasteiger partial charge >= 0.3 is 0 Å². The molecule has 0 radical (unpaired) electrons. The predicted octanol–water partition coefficient (Wildman–Crippen LogP) is -0.381. The molecule has 1 unspecified atom stereocenters. The Morgan fingerprint density at radius 2 is 2.05 bits per heavy atom. The van der Waals surface area contributed by atoms with E-state index < -0.39 is 25.2 Å². The highest BCUT2D eigenvalue weighted by Crippen LogP contribution is 2.29. The SMILES string of the molecule is CCS(=O)(=O)C1CSCCN1S(=O)(=O)c1nnc(N)s1. The average Bonchev–Trinajstić information content (AvgIpc) is 2.86. The Morgan fingerprint density at radius 3 is 2.60 bits per heavy atom. The number of sulfone groups is 1. The fraction of sp³-hybridized carbons (Fsp3) is 0.750. The van der Waals surface area contributed by atoms with Gasteiger partial charge in [-0.05, 0) is 0 Å². The number of nitrogen functional groups attached to an aromatic ring is 1. The van der Waals surface area contributed by atoms with E-state index in [0.717, 1.165) is 15.6 Å². The molecule has 0 aromatic carbocycles. The molecule has 1 aromatic heterocycles. The van der Waals surface area contributed by atoms with Gasteiger partial charge in [0.15, 0.2) is 9.84 Å². The van der Waals surface area contributed by atoms with Gasteiger partial charge in [-0.1, -0.05) is 18.3 Å². The molecular weight excluding hydrogens is 344 g/mol. The summed E-state index contributed by atoms with van der Waals surface area (Å²) in [6, 6.07) is 0. The molecule has 1 fully saturated rings. The van der Waals surface area contributed by atoms with Crippen LogP contribution < -0.4 is 5.73 Å².